The highest BCUT2D eigenvalue weighted by molar-refractivity contribution is 5.85. The van der Waals surface area contributed by atoms with E-state index in [0.717, 1.165) is 50.1 Å². The van der Waals surface area contributed by atoms with Gasteiger partial charge in [0.15, 0.2) is 0 Å². The highest BCUT2D eigenvalue weighted by Gasteiger charge is 2.25. The first-order valence-corrected chi connectivity index (χ1v) is 8.87. The number of carbonyl (C=O) groups excluding carboxylic acids is 1. The monoisotopic (exact) mass is 362 g/mol. The Morgan fingerprint density at radius 1 is 1.36 bits per heavy atom. The van der Waals surface area contributed by atoms with Gasteiger partial charge in [0.05, 0.1) is 11.9 Å². The molecule has 1 aliphatic rings. The molecule has 5 nitrogen and oxygen atoms in total. The maximum absolute atomic E-state index is 12.6. The number of aromatic nitrogens is 2. The van der Waals surface area contributed by atoms with Gasteiger partial charge in [0.25, 0.3) is 0 Å². The van der Waals surface area contributed by atoms with Crippen LogP contribution >= 0.6 is 12.4 Å². The van der Waals surface area contributed by atoms with E-state index in [-0.39, 0.29) is 18.3 Å². The number of rotatable bonds is 7. The summed E-state index contributed by atoms with van der Waals surface area (Å²) in [5.41, 5.74) is 2.15. The van der Waals surface area contributed by atoms with Crippen LogP contribution in [-0.4, -0.2) is 46.3 Å². The van der Waals surface area contributed by atoms with Crippen LogP contribution in [0.25, 0.3) is 5.69 Å². The molecule has 1 saturated heterocycles. The number of amides is 1. The number of para-hydroxylation sites is 1. The predicted molar refractivity (Wildman–Crippen MR) is 102 cm³/mol. The van der Waals surface area contributed by atoms with E-state index < -0.39 is 0 Å². The molecule has 136 valence electrons. The fourth-order valence-corrected chi connectivity index (χ4v) is 3.26. The van der Waals surface area contributed by atoms with Crippen molar-refractivity contribution in [2.75, 3.05) is 19.6 Å². The summed E-state index contributed by atoms with van der Waals surface area (Å²) in [5, 5.41) is 7.76. The fourth-order valence-electron chi connectivity index (χ4n) is 3.26. The van der Waals surface area contributed by atoms with E-state index in [9.17, 15) is 4.79 Å². The molecule has 25 heavy (non-hydrogen) atoms. The number of aryl methyl sites for hydroxylation is 1. The lowest BCUT2D eigenvalue weighted by Gasteiger charge is -2.28. The first kappa shape index (κ1) is 19.5. The van der Waals surface area contributed by atoms with Crippen molar-refractivity contribution in [3.8, 4) is 5.69 Å². The van der Waals surface area contributed by atoms with E-state index in [2.05, 4.69) is 22.2 Å². The first-order chi connectivity index (χ1) is 11.8. The lowest BCUT2D eigenvalue weighted by atomic mass is 10.1. The largest absolute Gasteiger partial charge is 0.338 e. The topological polar surface area (TPSA) is 50.2 Å². The second kappa shape index (κ2) is 9.59. The molecule has 0 saturated carbocycles. The van der Waals surface area contributed by atoms with Gasteiger partial charge in [-0.1, -0.05) is 25.1 Å². The van der Waals surface area contributed by atoms with Crippen molar-refractivity contribution in [3.05, 3.63) is 48.3 Å². The normalized spacial score (nSPS) is 16.4. The van der Waals surface area contributed by atoms with Gasteiger partial charge in [-0.25, -0.2) is 4.68 Å². The zero-order valence-electron chi connectivity index (χ0n) is 14.7. The third-order valence-electron chi connectivity index (χ3n) is 4.54. The van der Waals surface area contributed by atoms with Crippen molar-refractivity contribution in [3.63, 3.8) is 0 Å². The molecule has 6 heteroatoms. The second-order valence-electron chi connectivity index (χ2n) is 6.36. The molecule has 1 aromatic heterocycles. The molecule has 0 bridgehead atoms. The number of hydrogen-bond acceptors (Lipinski definition) is 3. The number of carbonyl (C=O) groups is 1. The van der Waals surface area contributed by atoms with Crippen molar-refractivity contribution in [2.24, 2.45) is 0 Å². The van der Waals surface area contributed by atoms with Crippen LogP contribution in [-0.2, 0) is 11.2 Å². The van der Waals surface area contributed by atoms with Crippen molar-refractivity contribution in [1.82, 2.24) is 20.0 Å². The Hall–Kier alpha value is -1.85. The lowest BCUT2D eigenvalue weighted by molar-refractivity contribution is -0.133. The van der Waals surface area contributed by atoms with Crippen LogP contribution in [0.1, 0.15) is 31.7 Å². The van der Waals surface area contributed by atoms with E-state index in [4.69, 9.17) is 0 Å². The minimum Gasteiger partial charge on any atom is -0.338 e. The maximum atomic E-state index is 12.6. The average Bonchev–Trinajstić information content (AvgIpc) is 3.30. The van der Waals surface area contributed by atoms with Crippen LogP contribution in [0.4, 0.5) is 0 Å². The van der Waals surface area contributed by atoms with Gasteiger partial charge in [0, 0.05) is 31.7 Å². The quantitative estimate of drug-likeness (QED) is 0.824. The van der Waals surface area contributed by atoms with Crippen LogP contribution < -0.4 is 5.32 Å². The molecule has 1 amide bonds. The Kier molecular flexibility index (Phi) is 7.47. The van der Waals surface area contributed by atoms with Crippen molar-refractivity contribution < 1.29 is 4.79 Å². The SMILES string of the molecule is CCCN(C(=O)CCc1cnn(-c2ccccc2)c1)C1CCNC1.Cl. The van der Waals surface area contributed by atoms with Crippen LogP contribution in [0.2, 0.25) is 0 Å². The molecule has 0 spiro atoms. The Morgan fingerprint density at radius 3 is 2.84 bits per heavy atom. The van der Waals surface area contributed by atoms with Crippen molar-refractivity contribution >= 4 is 18.3 Å². The second-order valence-corrected chi connectivity index (χ2v) is 6.36. The summed E-state index contributed by atoms with van der Waals surface area (Å²) in [6.07, 6.45) is 7.25. The summed E-state index contributed by atoms with van der Waals surface area (Å²) in [4.78, 5) is 14.7. The molecule has 1 aliphatic heterocycles. The molecular weight excluding hydrogens is 336 g/mol. The van der Waals surface area contributed by atoms with E-state index in [1.807, 2.05) is 47.4 Å². The van der Waals surface area contributed by atoms with E-state index in [0.29, 0.717) is 12.5 Å². The van der Waals surface area contributed by atoms with Gasteiger partial charge in [-0.15, -0.1) is 12.4 Å². The van der Waals surface area contributed by atoms with Gasteiger partial charge in [-0.3, -0.25) is 4.79 Å². The Balaban J connectivity index is 0.00000225. The Morgan fingerprint density at radius 2 is 2.16 bits per heavy atom. The van der Waals surface area contributed by atoms with Gasteiger partial charge < -0.3 is 10.2 Å². The summed E-state index contributed by atoms with van der Waals surface area (Å²) >= 11 is 0. The minimum absolute atomic E-state index is 0. The predicted octanol–water partition coefficient (Wildman–Crippen LogP) is 2.83. The highest BCUT2D eigenvalue weighted by Crippen LogP contribution is 2.14. The first-order valence-electron chi connectivity index (χ1n) is 8.87. The molecule has 1 unspecified atom stereocenters. The number of halogens is 1. The highest BCUT2D eigenvalue weighted by atomic mass is 35.5. The fraction of sp³-hybridized carbons (Fsp3) is 0.474. The van der Waals surface area contributed by atoms with E-state index in [1.165, 1.54) is 0 Å². The van der Waals surface area contributed by atoms with Crippen molar-refractivity contribution in [1.29, 1.82) is 0 Å². The van der Waals surface area contributed by atoms with Gasteiger partial charge >= 0.3 is 0 Å². The molecule has 3 rings (SSSR count). The Bertz CT molecular complexity index is 652. The standard InChI is InChI=1S/C19H26N4O.ClH/c1-2-12-22(18-10-11-20-14-18)19(24)9-8-16-13-21-23(15-16)17-6-4-3-5-7-17;/h3-7,13,15,18,20H,2,8-12,14H2,1H3;1H. The molecule has 1 N–H and O–H groups in total. The average molecular weight is 363 g/mol. The third-order valence-corrected chi connectivity index (χ3v) is 4.54. The number of nitrogens with one attached hydrogen (secondary N) is 1. The van der Waals surface area contributed by atoms with E-state index in [1.54, 1.807) is 0 Å². The Labute approximate surface area is 155 Å². The molecule has 1 aromatic carbocycles. The van der Waals surface area contributed by atoms with Crippen LogP contribution in [0.15, 0.2) is 42.7 Å². The molecule has 2 heterocycles. The minimum atomic E-state index is 0. The summed E-state index contributed by atoms with van der Waals surface area (Å²) in [7, 11) is 0. The van der Waals surface area contributed by atoms with Gasteiger partial charge in [-0.2, -0.15) is 5.10 Å². The van der Waals surface area contributed by atoms with Crippen LogP contribution in [0, 0.1) is 0 Å². The number of benzene rings is 1. The summed E-state index contributed by atoms with van der Waals surface area (Å²) in [5.74, 6) is 0.262. The summed E-state index contributed by atoms with van der Waals surface area (Å²) in [6.45, 7) is 4.93. The molecule has 0 aliphatic carbocycles. The molecular formula is C19H27ClN4O. The van der Waals surface area contributed by atoms with Gasteiger partial charge in [0.2, 0.25) is 5.91 Å². The van der Waals surface area contributed by atoms with Crippen molar-refractivity contribution in [2.45, 2.75) is 38.6 Å². The van der Waals surface area contributed by atoms with Gasteiger partial charge in [0.1, 0.15) is 0 Å². The third kappa shape index (κ3) is 5.06. The van der Waals surface area contributed by atoms with Gasteiger partial charge in [-0.05, 0) is 43.5 Å². The lowest BCUT2D eigenvalue weighted by Crippen LogP contribution is -2.42. The maximum Gasteiger partial charge on any atom is 0.223 e. The molecule has 1 fully saturated rings. The smallest absolute Gasteiger partial charge is 0.223 e. The van der Waals surface area contributed by atoms with E-state index >= 15 is 0 Å². The molecule has 2 aromatic rings. The van der Waals surface area contributed by atoms with Crippen LogP contribution in [0.5, 0.6) is 0 Å². The van der Waals surface area contributed by atoms with Crippen LogP contribution in [0.3, 0.4) is 0 Å². The zero-order valence-corrected chi connectivity index (χ0v) is 15.5. The molecule has 0 radical (unpaired) electrons. The zero-order chi connectivity index (χ0) is 16.8. The number of nitrogens with zero attached hydrogens (tertiary/aromatic N) is 3. The summed E-state index contributed by atoms with van der Waals surface area (Å²) < 4.78 is 1.87. The summed E-state index contributed by atoms with van der Waals surface area (Å²) in [6, 6.07) is 10.4. The molecule has 1 atom stereocenters. The number of hydrogen-bond donors (Lipinski definition) is 1.